The maximum absolute atomic E-state index is 11.4. The van der Waals surface area contributed by atoms with E-state index < -0.39 is 19.9 Å². The molecule has 0 aliphatic carbocycles. The molecule has 1 N–H and O–H groups in total. The highest BCUT2D eigenvalue weighted by Crippen LogP contribution is 2.23. The first-order valence-electron chi connectivity index (χ1n) is 4.97. The zero-order chi connectivity index (χ0) is 11.5. The van der Waals surface area contributed by atoms with Gasteiger partial charge in [0.2, 0.25) is 10.0 Å². The summed E-state index contributed by atoms with van der Waals surface area (Å²) >= 11 is 0. The molecule has 0 saturated carbocycles. The molecule has 5 nitrogen and oxygen atoms in total. The third kappa shape index (κ3) is 4.48. The largest absolute Gasteiger partial charge is 0.229 e. The second-order valence-corrected chi connectivity index (χ2v) is 8.17. The van der Waals surface area contributed by atoms with Gasteiger partial charge >= 0.3 is 0 Å². The van der Waals surface area contributed by atoms with Crippen molar-refractivity contribution < 1.29 is 16.8 Å². The molecule has 1 saturated heterocycles. The van der Waals surface area contributed by atoms with Crippen LogP contribution in [-0.4, -0.2) is 40.6 Å². The molecule has 1 atom stereocenters. The van der Waals surface area contributed by atoms with Crippen molar-refractivity contribution in [3.63, 3.8) is 0 Å². The first-order valence-corrected chi connectivity index (χ1v) is 8.58. The van der Waals surface area contributed by atoms with Gasteiger partial charge in [-0.1, -0.05) is 0 Å². The zero-order valence-corrected chi connectivity index (χ0v) is 10.4. The van der Waals surface area contributed by atoms with E-state index in [1.54, 1.807) is 0 Å². The molecule has 1 rings (SSSR count). The number of nitrogens with one attached hydrogen (secondary N) is 1. The number of hydrogen-bond acceptors (Lipinski definition) is 4. The third-order valence-electron chi connectivity index (χ3n) is 2.53. The Kier molecular flexibility index (Phi) is 4.13. The van der Waals surface area contributed by atoms with Gasteiger partial charge in [-0.05, 0) is 25.7 Å². The summed E-state index contributed by atoms with van der Waals surface area (Å²) in [6.07, 6.45) is 3.70. The van der Waals surface area contributed by atoms with E-state index in [2.05, 4.69) is 4.72 Å². The van der Waals surface area contributed by atoms with Crippen molar-refractivity contribution in [2.45, 2.75) is 30.9 Å². The molecule has 0 aromatic heterocycles. The fraction of sp³-hybridized carbons (Fsp3) is 1.00. The lowest BCUT2D eigenvalue weighted by Gasteiger charge is -2.08. The van der Waals surface area contributed by atoms with Gasteiger partial charge in [0.1, 0.15) is 0 Å². The van der Waals surface area contributed by atoms with E-state index in [1.807, 2.05) is 0 Å². The fourth-order valence-electron chi connectivity index (χ4n) is 1.77. The Morgan fingerprint density at radius 2 is 2.07 bits per heavy atom. The summed E-state index contributed by atoms with van der Waals surface area (Å²) in [5.74, 6) is 0.289. The fourth-order valence-corrected chi connectivity index (χ4v) is 4.24. The van der Waals surface area contributed by atoms with Crippen LogP contribution in [0.25, 0.3) is 0 Å². The maximum atomic E-state index is 11.4. The molecule has 0 bridgehead atoms. The van der Waals surface area contributed by atoms with E-state index in [9.17, 15) is 16.8 Å². The van der Waals surface area contributed by atoms with Gasteiger partial charge in [0.25, 0.3) is 0 Å². The Hall–Kier alpha value is -0.140. The highest BCUT2D eigenvalue weighted by atomic mass is 32.2. The molecule has 1 unspecified atom stereocenters. The topological polar surface area (TPSA) is 80.3 Å². The Labute approximate surface area is 91.2 Å². The van der Waals surface area contributed by atoms with Crippen molar-refractivity contribution in [2.24, 2.45) is 0 Å². The van der Waals surface area contributed by atoms with Crippen LogP contribution in [0.1, 0.15) is 25.7 Å². The molecular weight excluding hydrogens is 238 g/mol. The lowest BCUT2D eigenvalue weighted by atomic mass is 10.1. The van der Waals surface area contributed by atoms with E-state index >= 15 is 0 Å². The highest BCUT2D eigenvalue weighted by Gasteiger charge is 2.30. The van der Waals surface area contributed by atoms with Gasteiger partial charge in [0, 0.05) is 6.54 Å². The zero-order valence-electron chi connectivity index (χ0n) is 8.77. The van der Waals surface area contributed by atoms with Gasteiger partial charge in [-0.3, -0.25) is 0 Å². The average Bonchev–Trinajstić information content (AvgIpc) is 2.37. The molecule has 15 heavy (non-hydrogen) atoms. The second-order valence-electron chi connectivity index (χ2n) is 3.94. The van der Waals surface area contributed by atoms with Crippen molar-refractivity contribution >= 4 is 19.9 Å². The molecule has 7 heteroatoms. The van der Waals surface area contributed by atoms with Gasteiger partial charge in [0.15, 0.2) is 9.84 Å². The summed E-state index contributed by atoms with van der Waals surface area (Å²) in [5.41, 5.74) is 0. The first-order chi connectivity index (χ1) is 6.81. The van der Waals surface area contributed by atoms with E-state index in [-0.39, 0.29) is 11.0 Å². The monoisotopic (exact) mass is 255 g/mol. The number of sulfone groups is 1. The standard InChI is InChI=1S/C8H17NO4S2/c1-14(10,11)9-6-2-4-8-5-3-7-15(8,12)13/h8-9H,2-7H2,1H3. The summed E-state index contributed by atoms with van der Waals surface area (Å²) in [7, 11) is -6.03. The Bertz CT molecular complexity index is 398. The predicted octanol–water partition coefficient (Wildman–Crippen LogP) is -0.107. The molecule has 1 fully saturated rings. The molecule has 1 aliphatic heterocycles. The van der Waals surface area contributed by atoms with Crippen molar-refractivity contribution in [3.05, 3.63) is 0 Å². The van der Waals surface area contributed by atoms with Crippen LogP contribution in [0.15, 0.2) is 0 Å². The highest BCUT2D eigenvalue weighted by molar-refractivity contribution is 7.92. The van der Waals surface area contributed by atoms with Gasteiger partial charge in [0.05, 0.1) is 17.3 Å². The summed E-state index contributed by atoms with van der Waals surface area (Å²) in [4.78, 5) is 0. The molecule has 1 aliphatic rings. The minimum Gasteiger partial charge on any atom is -0.229 e. The van der Waals surface area contributed by atoms with Crippen LogP contribution in [0.4, 0.5) is 0 Å². The average molecular weight is 255 g/mol. The van der Waals surface area contributed by atoms with Crippen molar-refractivity contribution in [3.8, 4) is 0 Å². The van der Waals surface area contributed by atoms with Crippen LogP contribution in [0.2, 0.25) is 0 Å². The second kappa shape index (κ2) is 4.80. The van der Waals surface area contributed by atoms with E-state index in [1.165, 1.54) is 0 Å². The van der Waals surface area contributed by atoms with Crippen LogP contribution in [-0.2, 0) is 19.9 Å². The molecular formula is C8H17NO4S2. The minimum atomic E-state index is -3.15. The summed E-state index contributed by atoms with van der Waals surface area (Å²) in [6.45, 7) is 0.324. The Morgan fingerprint density at radius 3 is 2.53 bits per heavy atom. The Morgan fingerprint density at radius 1 is 1.40 bits per heavy atom. The van der Waals surface area contributed by atoms with Gasteiger partial charge < -0.3 is 0 Å². The summed E-state index contributed by atoms with van der Waals surface area (Å²) in [5, 5.41) is -0.251. The molecule has 0 aromatic rings. The van der Waals surface area contributed by atoms with Gasteiger partial charge in [-0.25, -0.2) is 21.6 Å². The van der Waals surface area contributed by atoms with Crippen LogP contribution in [0.3, 0.4) is 0 Å². The van der Waals surface area contributed by atoms with Crippen LogP contribution < -0.4 is 4.72 Å². The van der Waals surface area contributed by atoms with Crippen LogP contribution in [0.5, 0.6) is 0 Å². The molecule has 0 amide bonds. The molecule has 0 aromatic carbocycles. The molecule has 0 spiro atoms. The normalized spacial score (nSPS) is 25.5. The lowest BCUT2D eigenvalue weighted by Crippen LogP contribution is -2.24. The predicted molar refractivity (Wildman–Crippen MR) is 58.9 cm³/mol. The van der Waals surface area contributed by atoms with E-state index in [0.717, 1.165) is 19.1 Å². The van der Waals surface area contributed by atoms with Gasteiger partial charge in [-0.2, -0.15) is 0 Å². The number of rotatable bonds is 5. The SMILES string of the molecule is CS(=O)(=O)NCCCC1CCCS1(=O)=O. The molecule has 0 radical (unpaired) electrons. The van der Waals surface area contributed by atoms with Crippen LogP contribution >= 0.6 is 0 Å². The van der Waals surface area contributed by atoms with E-state index in [0.29, 0.717) is 19.4 Å². The third-order valence-corrected chi connectivity index (χ3v) is 5.60. The quantitative estimate of drug-likeness (QED) is 0.695. The summed E-state index contributed by atoms with van der Waals surface area (Å²) < 4.78 is 46.6. The number of hydrogen-bond donors (Lipinski definition) is 1. The van der Waals surface area contributed by atoms with E-state index in [4.69, 9.17) is 0 Å². The number of sulfonamides is 1. The maximum Gasteiger partial charge on any atom is 0.208 e. The molecule has 90 valence electrons. The smallest absolute Gasteiger partial charge is 0.208 e. The first kappa shape index (κ1) is 12.9. The summed E-state index contributed by atoms with van der Waals surface area (Å²) in [6, 6.07) is 0. The Balaban J connectivity index is 2.27. The minimum absolute atomic E-state index is 0.251. The lowest BCUT2D eigenvalue weighted by molar-refractivity contribution is 0.567. The van der Waals surface area contributed by atoms with Crippen molar-refractivity contribution in [1.82, 2.24) is 4.72 Å². The van der Waals surface area contributed by atoms with Crippen LogP contribution in [0, 0.1) is 0 Å². The van der Waals surface area contributed by atoms with Gasteiger partial charge in [-0.15, -0.1) is 0 Å². The van der Waals surface area contributed by atoms with Crippen molar-refractivity contribution in [2.75, 3.05) is 18.6 Å². The van der Waals surface area contributed by atoms with Crippen molar-refractivity contribution in [1.29, 1.82) is 0 Å². The molecule has 1 heterocycles.